The lowest BCUT2D eigenvalue weighted by Gasteiger charge is -2.18. The molecule has 0 aromatic rings. The van der Waals surface area contributed by atoms with E-state index in [9.17, 15) is 14.4 Å². The molecule has 0 spiro atoms. The Bertz CT molecular complexity index is 995. The van der Waals surface area contributed by atoms with Crippen molar-refractivity contribution in [2.75, 3.05) is 6.54 Å². The highest BCUT2D eigenvalue weighted by Crippen LogP contribution is 2.19. The summed E-state index contributed by atoms with van der Waals surface area (Å²) in [6.45, 7) is 4.11. The van der Waals surface area contributed by atoms with Gasteiger partial charge in [0.15, 0.2) is 0 Å². The molecule has 0 saturated carbocycles. The van der Waals surface area contributed by atoms with Crippen LogP contribution in [0.15, 0.2) is 60.8 Å². The molecule has 0 rings (SSSR count). The molecule has 6 nitrogen and oxygen atoms in total. The lowest BCUT2D eigenvalue weighted by Crippen LogP contribution is -2.28. The summed E-state index contributed by atoms with van der Waals surface area (Å²) < 4.78 is 6.02. The summed E-state index contributed by atoms with van der Waals surface area (Å²) in [5, 5.41) is 11.1. The number of carboxylic acid groups (broad SMARTS) is 1. The molecule has 53 heavy (non-hydrogen) atoms. The molecule has 0 saturated heterocycles. The number of aliphatic carboxylic acids is 1. The third-order valence-electron chi connectivity index (χ3n) is 9.45. The van der Waals surface area contributed by atoms with Gasteiger partial charge in [-0.05, 0) is 83.5 Å². The molecule has 1 unspecified atom stereocenters. The Kier molecular flexibility index (Phi) is 39.6. The van der Waals surface area contributed by atoms with Gasteiger partial charge in [0.2, 0.25) is 5.91 Å². The number of amides is 1. The monoisotopic (exact) mass is 740 g/mol. The molecule has 0 aromatic carbocycles. The fourth-order valence-corrected chi connectivity index (χ4v) is 6.25. The molecule has 0 aromatic heterocycles. The number of carboxylic acids is 1. The second kappa shape index (κ2) is 41.9. The van der Waals surface area contributed by atoms with Crippen LogP contribution in [0.2, 0.25) is 0 Å². The van der Waals surface area contributed by atoms with E-state index in [1.54, 1.807) is 0 Å². The van der Waals surface area contributed by atoms with Crippen LogP contribution in [0.5, 0.6) is 0 Å². The minimum atomic E-state index is -1.02. The summed E-state index contributed by atoms with van der Waals surface area (Å²) in [4.78, 5) is 35.0. The molecule has 0 bridgehead atoms. The van der Waals surface area contributed by atoms with E-state index in [0.717, 1.165) is 109 Å². The predicted molar refractivity (Wildman–Crippen MR) is 226 cm³/mol. The van der Waals surface area contributed by atoms with Crippen molar-refractivity contribution in [2.45, 2.75) is 213 Å². The standard InChI is InChI=1S/C47H81NO5/c1-3-5-7-9-11-13-15-17-18-19-20-21-22-23-25-27-29-34-38-42-47(52)53-44(39-35-31-28-26-24-16-14-12-10-8-6-4-2)40-36-32-30-33-37-41-45(49)48-43-46(50)51/h5,7,11,13,17-18,20-21,23,25,44H,3-4,6,8-10,12,14-16,19,22,24,26-43H2,1-2H3,(H,48,49)(H,50,51)/b7-5-,13-11-,18-17-,21-20-,25-23-. The minimum Gasteiger partial charge on any atom is -0.480 e. The number of rotatable bonds is 39. The van der Waals surface area contributed by atoms with Crippen molar-refractivity contribution in [2.24, 2.45) is 0 Å². The smallest absolute Gasteiger partial charge is 0.322 e. The Hall–Kier alpha value is -2.89. The molecule has 0 radical (unpaired) electrons. The predicted octanol–water partition coefficient (Wildman–Crippen LogP) is 13.6. The van der Waals surface area contributed by atoms with E-state index in [1.807, 2.05) is 0 Å². The summed E-state index contributed by atoms with van der Waals surface area (Å²) in [5.74, 6) is -1.26. The average Bonchev–Trinajstić information content (AvgIpc) is 3.14. The second-order valence-electron chi connectivity index (χ2n) is 14.6. The number of unbranched alkanes of at least 4 members (excludes halogenated alkanes) is 18. The number of nitrogens with one attached hydrogen (secondary N) is 1. The van der Waals surface area contributed by atoms with Gasteiger partial charge in [-0.1, -0.05) is 171 Å². The maximum Gasteiger partial charge on any atom is 0.322 e. The molecule has 0 aliphatic heterocycles. The number of allylic oxidation sites excluding steroid dienone is 10. The van der Waals surface area contributed by atoms with Crippen LogP contribution in [0.25, 0.3) is 0 Å². The van der Waals surface area contributed by atoms with Crippen LogP contribution in [0.4, 0.5) is 0 Å². The fourth-order valence-electron chi connectivity index (χ4n) is 6.25. The number of carbonyl (C=O) groups is 3. The van der Waals surface area contributed by atoms with Crippen LogP contribution in [-0.2, 0) is 19.1 Å². The molecule has 0 fully saturated rings. The highest BCUT2D eigenvalue weighted by molar-refractivity contribution is 5.80. The van der Waals surface area contributed by atoms with Gasteiger partial charge in [-0.3, -0.25) is 14.4 Å². The van der Waals surface area contributed by atoms with Crippen molar-refractivity contribution >= 4 is 17.8 Å². The van der Waals surface area contributed by atoms with Crippen LogP contribution in [0.1, 0.15) is 206 Å². The zero-order valence-electron chi connectivity index (χ0n) is 34.4. The van der Waals surface area contributed by atoms with Gasteiger partial charge >= 0.3 is 11.9 Å². The first kappa shape index (κ1) is 50.1. The molecule has 6 heteroatoms. The van der Waals surface area contributed by atoms with Crippen LogP contribution in [0, 0.1) is 0 Å². The summed E-state index contributed by atoms with van der Waals surface area (Å²) in [6, 6.07) is 0. The number of carbonyl (C=O) groups excluding carboxylic acids is 2. The highest BCUT2D eigenvalue weighted by atomic mass is 16.5. The van der Waals surface area contributed by atoms with Crippen molar-refractivity contribution in [3.8, 4) is 0 Å². The van der Waals surface area contributed by atoms with Crippen LogP contribution < -0.4 is 5.32 Å². The van der Waals surface area contributed by atoms with E-state index in [4.69, 9.17) is 9.84 Å². The van der Waals surface area contributed by atoms with E-state index in [0.29, 0.717) is 12.8 Å². The number of esters is 1. The Morgan fingerprint density at radius 1 is 0.509 bits per heavy atom. The molecular weight excluding hydrogens is 659 g/mol. The normalized spacial score (nSPS) is 12.6. The van der Waals surface area contributed by atoms with Crippen molar-refractivity contribution in [1.82, 2.24) is 5.32 Å². The molecule has 0 heterocycles. The molecule has 2 N–H and O–H groups in total. The lowest BCUT2D eigenvalue weighted by atomic mass is 10.0. The van der Waals surface area contributed by atoms with Gasteiger partial charge < -0.3 is 15.2 Å². The van der Waals surface area contributed by atoms with E-state index >= 15 is 0 Å². The van der Waals surface area contributed by atoms with Gasteiger partial charge in [0.1, 0.15) is 12.6 Å². The minimum absolute atomic E-state index is 0.00807. The fraction of sp³-hybridized carbons (Fsp3) is 0.723. The summed E-state index contributed by atoms with van der Waals surface area (Å²) in [7, 11) is 0. The quantitative estimate of drug-likeness (QED) is 0.0372. The zero-order valence-corrected chi connectivity index (χ0v) is 34.4. The first-order valence-corrected chi connectivity index (χ1v) is 21.9. The van der Waals surface area contributed by atoms with E-state index in [1.165, 1.54) is 70.6 Å². The Morgan fingerprint density at radius 2 is 0.925 bits per heavy atom. The zero-order chi connectivity index (χ0) is 38.7. The molecule has 1 atom stereocenters. The maximum absolute atomic E-state index is 12.8. The van der Waals surface area contributed by atoms with Crippen LogP contribution in [-0.4, -0.2) is 35.6 Å². The van der Waals surface area contributed by atoms with Gasteiger partial charge in [0.05, 0.1) is 0 Å². The van der Waals surface area contributed by atoms with Crippen LogP contribution in [0.3, 0.4) is 0 Å². The topological polar surface area (TPSA) is 92.7 Å². The maximum atomic E-state index is 12.8. The third-order valence-corrected chi connectivity index (χ3v) is 9.45. The van der Waals surface area contributed by atoms with E-state index < -0.39 is 5.97 Å². The Balaban J connectivity index is 4.23. The van der Waals surface area contributed by atoms with Crippen molar-refractivity contribution in [3.05, 3.63) is 60.8 Å². The molecular formula is C47H81NO5. The van der Waals surface area contributed by atoms with Crippen molar-refractivity contribution < 1.29 is 24.2 Å². The van der Waals surface area contributed by atoms with Crippen LogP contribution >= 0.6 is 0 Å². The first-order chi connectivity index (χ1) is 26.0. The van der Waals surface area contributed by atoms with Crippen molar-refractivity contribution in [1.29, 1.82) is 0 Å². The number of ether oxygens (including phenoxy) is 1. The van der Waals surface area contributed by atoms with Gasteiger partial charge in [-0.2, -0.15) is 0 Å². The average molecular weight is 740 g/mol. The summed E-state index contributed by atoms with van der Waals surface area (Å²) in [6.07, 6.45) is 54.8. The van der Waals surface area contributed by atoms with Gasteiger partial charge in [-0.25, -0.2) is 0 Å². The highest BCUT2D eigenvalue weighted by Gasteiger charge is 2.14. The number of hydrogen-bond acceptors (Lipinski definition) is 4. The SMILES string of the molecule is CC/C=C\C/C=C\C/C=C\C/C=C\C/C=C\CCCCCC(=O)OC(CCCCCCCCCCCCCC)CCCCCCCC(=O)NCC(=O)O. The van der Waals surface area contributed by atoms with E-state index in [-0.39, 0.29) is 24.5 Å². The summed E-state index contributed by atoms with van der Waals surface area (Å²) in [5.41, 5.74) is 0. The third kappa shape index (κ3) is 41.7. The molecule has 1 amide bonds. The van der Waals surface area contributed by atoms with Crippen molar-refractivity contribution in [3.63, 3.8) is 0 Å². The Labute approximate surface area is 326 Å². The van der Waals surface area contributed by atoms with E-state index in [2.05, 4.69) is 79.9 Å². The molecule has 304 valence electrons. The largest absolute Gasteiger partial charge is 0.480 e. The lowest BCUT2D eigenvalue weighted by molar-refractivity contribution is -0.150. The second-order valence-corrected chi connectivity index (χ2v) is 14.6. The first-order valence-electron chi connectivity index (χ1n) is 21.9. The number of hydrogen-bond donors (Lipinski definition) is 2. The van der Waals surface area contributed by atoms with Gasteiger partial charge in [0, 0.05) is 12.8 Å². The summed E-state index contributed by atoms with van der Waals surface area (Å²) >= 11 is 0. The Morgan fingerprint density at radius 3 is 1.42 bits per heavy atom. The molecule has 0 aliphatic carbocycles. The van der Waals surface area contributed by atoms with Gasteiger partial charge in [0.25, 0.3) is 0 Å². The molecule has 0 aliphatic rings. The van der Waals surface area contributed by atoms with Gasteiger partial charge in [-0.15, -0.1) is 0 Å².